The van der Waals surface area contributed by atoms with Gasteiger partial charge in [0.15, 0.2) is 0 Å². The smallest absolute Gasteiger partial charge is 0.130 e. The van der Waals surface area contributed by atoms with Crippen LogP contribution in [-0.2, 0) is 6.54 Å². The number of imidazole rings is 1. The van der Waals surface area contributed by atoms with Crippen molar-refractivity contribution < 1.29 is 0 Å². The standard InChI is InChI=1S/C15H20IN3/c1-3-8-17-14(12-6-5-7-13(16)11-12)15-18-9-10-19(15)4-2/h5-7,9-11,14,17H,3-4,8H2,1-2H3. The third-order valence-electron chi connectivity index (χ3n) is 3.13. The Morgan fingerprint density at radius 3 is 2.89 bits per heavy atom. The number of nitrogens with one attached hydrogen (secondary N) is 1. The highest BCUT2D eigenvalue weighted by Gasteiger charge is 2.18. The van der Waals surface area contributed by atoms with Crippen molar-refractivity contribution in [3.05, 3.63) is 51.6 Å². The molecule has 0 radical (unpaired) electrons. The molecule has 19 heavy (non-hydrogen) atoms. The monoisotopic (exact) mass is 369 g/mol. The third kappa shape index (κ3) is 3.57. The van der Waals surface area contributed by atoms with Gasteiger partial charge in [-0.15, -0.1) is 0 Å². The first-order valence-corrected chi connectivity index (χ1v) is 7.84. The fourth-order valence-electron chi connectivity index (χ4n) is 2.18. The van der Waals surface area contributed by atoms with Gasteiger partial charge in [0.25, 0.3) is 0 Å². The van der Waals surface area contributed by atoms with Crippen LogP contribution in [0.15, 0.2) is 36.7 Å². The Bertz CT molecular complexity index is 522. The maximum Gasteiger partial charge on any atom is 0.130 e. The van der Waals surface area contributed by atoms with Crippen molar-refractivity contribution in [1.29, 1.82) is 0 Å². The van der Waals surface area contributed by atoms with Gasteiger partial charge >= 0.3 is 0 Å². The first-order chi connectivity index (χ1) is 9.26. The molecule has 0 saturated heterocycles. The van der Waals surface area contributed by atoms with Gasteiger partial charge in [-0.2, -0.15) is 0 Å². The van der Waals surface area contributed by atoms with E-state index in [-0.39, 0.29) is 6.04 Å². The first kappa shape index (κ1) is 14.5. The van der Waals surface area contributed by atoms with E-state index in [0.717, 1.165) is 25.3 Å². The highest BCUT2D eigenvalue weighted by Crippen LogP contribution is 2.22. The molecule has 102 valence electrons. The summed E-state index contributed by atoms with van der Waals surface area (Å²) in [5, 5.41) is 3.60. The van der Waals surface area contributed by atoms with Gasteiger partial charge in [0.05, 0.1) is 6.04 Å². The van der Waals surface area contributed by atoms with Crippen LogP contribution in [0.1, 0.15) is 37.7 Å². The molecule has 0 saturated carbocycles. The highest BCUT2D eigenvalue weighted by molar-refractivity contribution is 14.1. The van der Waals surface area contributed by atoms with Gasteiger partial charge in [0.1, 0.15) is 5.82 Å². The summed E-state index contributed by atoms with van der Waals surface area (Å²) in [7, 11) is 0. The second-order valence-corrected chi connectivity index (χ2v) is 5.76. The molecular formula is C15H20IN3. The molecule has 1 heterocycles. The molecule has 2 rings (SSSR count). The molecule has 2 aromatic rings. The minimum absolute atomic E-state index is 0.171. The molecule has 3 nitrogen and oxygen atoms in total. The van der Waals surface area contributed by atoms with E-state index in [1.807, 2.05) is 12.4 Å². The molecule has 4 heteroatoms. The van der Waals surface area contributed by atoms with Gasteiger partial charge < -0.3 is 9.88 Å². The van der Waals surface area contributed by atoms with Crippen LogP contribution in [0, 0.1) is 3.57 Å². The number of hydrogen-bond donors (Lipinski definition) is 1. The Kier molecular flexibility index (Phi) is 5.39. The van der Waals surface area contributed by atoms with Crippen LogP contribution in [0.3, 0.4) is 0 Å². The van der Waals surface area contributed by atoms with E-state index < -0.39 is 0 Å². The number of nitrogens with zero attached hydrogens (tertiary/aromatic N) is 2. The molecule has 1 unspecified atom stereocenters. The van der Waals surface area contributed by atoms with Gasteiger partial charge in [0.2, 0.25) is 0 Å². The highest BCUT2D eigenvalue weighted by atomic mass is 127. The fourth-order valence-corrected chi connectivity index (χ4v) is 2.75. The summed E-state index contributed by atoms with van der Waals surface area (Å²) in [4.78, 5) is 4.54. The number of rotatable bonds is 6. The van der Waals surface area contributed by atoms with E-state index in [4.69, 9.17) is 0 Å². The Balaban J connectivity index is 2.35. The van der Waals surface area contributed by atoms with Crippen LogP contribution >= 0.6 is 22.6 Å². The summed E-state index contributed by atoms with van der Waals surface area (Å²) < 4.78 is 3.46. The molecule has 0 amide bonds. The predicted octanol–water partition coefficient (Wildman–Crippen LogP) is 3.60. The van der Waals surface area contributed by atoms with Crippen LogP contribution in [-0.4, -0.2) is 16.1 Å². The Labute approximate surface area is 128 Å². The average Bonchev–Trinajstić information content (AvgIpc) is 2.88. The zero-order valence-corrected chi connectivity index (χ0v) is 13.6. The molecule has 0 spiro atoms. The van der Waals surface area contributed by atoms with Crippen molar-refractivity contribution in [3.8, 4) is 0 Å². The van der Waals surface area contributed by atoms with Gasteiger partial charge in [-0.3, -0.25) is 0 Å². The Hall–Kier alpha value is -0.880. The van der Waals surface area contributed by atoms with Gasteiger partial charge in [-0.25, -0.2) is 4.98 Å². The lowest BCUT2D eigenvalue weighted by Crippen LogP contribution is -2.26. The van der Waals surface area contributed by atoms with E-state index in [9.17, 15) is 0 Å². The molecule has 1 N–H and O–H groups in total. The van der Waals surface area contributed by atoms with Crippen molar-refractivity contribution in [2.75, 3.05) is 6.54 Å². The summed E-state index contributed by atoms with van der Waals surface area (Å²) >= 11 is 2.36. The number of hydrogen-bond acceptors (Lipinski definition) is 2. The minimum atomic E-state index is 0.171. The van der Waals surface area contributed by atoms with Crippen molar-refractivity contribution in [3.63, 3.8) is 0 Å². The summed E-state index contributed by atoms with van der Waals surface area (Å²) in [6.45, 7) is 6.28. The maximum absolute atomic E-state index is 4.54. The molecule has 1 aromatic heterocycles. The molecule has 0 aliphatic rings. The van der Waals surface area contributed by atoms with Gasteiger partial charge in [-0.1, -0.05) is 19.1 Å². The van der Waals surface area contributed by atoms with Crippen LogP contribution in [0.4, 0.5) is 0 Å². The van der Waals surface area contributed by atoms with Crippen molar-refractivity contribution >= 4 is 22.6 Å². The molecule has 0 fully saturated rings. The molecular weight excluding hydrogens is 349 g/mol. The molecule has 1 atom stereocenters. The number of aromatic nitrogens is 2. The SMILES string of the molecule is CCCNC(c1cccc(I)c1)c1nccn1CC. The summed E-state index contributed by atoms with van der Waals surface area (Å²) in [6.07, 6.45) is 5.05. The van der Waals surface area contributed by atoms with E-state index in [0.29, 0.717) is 0 Å². The van der Waals surface area contributed by atoms with E-state index in [1.165, 1.54) is 9.13 Å². The van der Waals surface area contributed by atoms with Crippen molar-refractivity contribution in [2.45, 2.75) is 32.9 Å². The number of halogens is 1. The average molecular weight is 369 g/mol. The summed E-state index contributed by atoms with van der Waals surface area (Å²) in [5.74, 6) is 1.10. The summed E-state index contributed by atoms with van der Waals surface area (Å²) in [6, 6.07) is 8.79. The van der Waals surface area contributed by atoms with Crippen LogP contribution in [0.5, 0.6) is 0 Å². The number of benzene rings is 1. The largest absolute Gasteiger partial charge is 0.334 e. The van der Waals surface area contributed by atoms with Crippen molar-refractivity contribution in [2.24, 2.45) is 0 Å². The zero-order chi connectivity index (χ0) is 13.7. The first-order valence-electron chi connectivity index (χ1n) is 6.76. The second-order valence-electron chi connectivity index (χ2n) is 4.51. The lowest BCUT2D eigenvalue weighted by molar-refractivity contribution is 0.541. The quantitative estimate of drug-likeness (QED) is 0.789. The van der Waals surface area contributed by atoms with E-state index in [1.54, 1.807) is 0 Å². The second kappa shape index (κ2) is 7.05. The lowest BCUT2D eigenvalue weighted by atomic mass is 10.1. The molecule has 1 aromatic carbocycles. The van der Waals surface area contributed by atoms with Gasteiger partial charge in [-0.05, 0) is 60.2 Å². The number of aryl methyl sites for hydroxylation is 1. The van der Waals surface area contributed by atoms with Crippen molar-refractivity contribution in [1.82, 2.24) is 14.9 Å². The maximum atomic E-state index is 4.54. The molecule has 0 bridgehead atoms. The molecule has 0 aliphatic carbocycles. The lowest BCUT2D eigenvalue weighted by Gasteiger charge is -2.20. The van der Waals surface area contributed by atoms with Gasteiger partial charge in [0, 0.05) is 22.5 Å². The predicted molar refractivity (Wildman–Crippen MR) is 87.2 cm³/mol. The summed E-state index contributed by atoms with van der Waals surface area (Å²) in [5.41, 5.74) is 1.28. The fraction of sp³-hybridized carbons (Fsp3) is 0.400. The van der Waals surface area contributed by atoms with E-state index in [2.05, 4.69) is 75.6 Å². The zero-order valence-electron chi connectivity index (χ0n) is 11.4. The topological polar surface area (TPSA) is 29.9 Å². The van der Waals surface area contributed by atoms with E-state index >= 15 is 0 Å². The van der Waals surface area contributed by atoms with Crippen LogP contribution < -0.4 is 5.32 Å². The third-order valence-corrected chi connectivity index (χ3v) is 3.80. The Morgan fingerprint density at radius 2 is 2.21 bits per heavy atom. The molecule has 0 aliphatic heterocycles. The minimum Gasteiger partial charge on any atom is -0.334 e. The normalized spacial score (nSPS) is 12.6. The van der Waals surface area contributed by atoms with Crippen LogP contribution in [0.2, 0.25) is 0 Å². The van der Waals surface area contributed by atoms with Crippen LogP contribution in [0.25, 0.3) is 0 Å². The Morgan fingerprint density at radius 1 is 1.37 bits per heavy atom.